The van der Waals surface area contributed by atoms with E-state index in [9.17, 15) is 30.0 Å². The minimum atomic E-state index is -5.92. The molecule has 0 bridgehead atoms. The standard InChI is InChI=1S/C20H29N2.C2H3F3NO4S2/c1-6-21-7-8-22(15-21)14-20-12-18(9-16(2)3)11-19(13-20)10-17(4)5;1-11(7,8)6-12(9,10)2(3,4)5/h6-8,11-13,15-17H,1,9-10,14H2,2-5H3;1H3/q+1;-1. The first kappa shape index (κ1) is 29.9. The van der Waals surface area contributed by atoms with Gasteiger partial charge in [0.25, 0.3) is 0 Å². The second-order valence-corrected chi connectivity index (χ2v) is 12.3. The molecule has 0 N–H and O–H groups in total. The minimum Gasteiger partial charge on any atom is -0.429 e. The maximum atomic E-state index is 11.4. The van der Waals surface area contributed by atoms with Crippen LogP contribution >= 0.6 is 0 Å². The van der Waals surface area contributed by atoms with Gasteiger partial charge in [0.05, 0.1) is 16.2 Å². The second-order valence-electron chi connectivity index (χ2n) is 8.80. The number of halogens is 3. The average molecular weight is 524 g/mol. The molecule has 0 radical (unpaired) electrons. The number of imidazole rings is 1. The summed E-state index contributed by atoms with van der Waals surface area (Å²) in [6.45, 7) is 13.9. The van der Waals surface area contributed by atoms with Crippen LogP contribution in [0, 0.1) is 11.8 Å². The zero-order valence-corrected chi connectivity index (χ0v) is 21.6. The maximum Gasteiger partial charge on any atom is 0.480 e. The zero-order chi connectivity index (χ0) is 26.3. The summed E-state index contributed by atoms with van der Waals surface area (Å²) in [5, 5.41) is 0. The summed E-state index contributed by atoms with van der Waals surface area (Å²) in [6.07, 6.45) is 10.6. The lowest BCUT2D eigenvalue weighted by Crippen LogP contribution is -2.31. The molecule has 0 saturated carbocycles. The molecule has 34 heavy (non-hydrogen) atoms. The number of hydrogen-bond donors (Lipinski definition) is 0. The van der Waals surface area contributed by atoms with Crippen molar-refractivity contribution in [3.8, 4) is 0 Å². The van der Waals surface area contributed by atoms with Gasteiger partial charge in [0.1, 0.15) is 18.9 Å². The lowest BCUT2D eigenvalue weighted by molar-refractivity contribution is -0.687. The van der Waals surface area contributed by atoms with Gasteiger partial charge in [-0.3, -0.25) is 0 Å². The van der Waals surface area contributed by atoms with Crippen molar-refractivity contribution >= 4 is 26.2 Å². The first-order valence-electron chi connectivity index (χ1n) is 10.5. The van der Waals surface area contributed by atoms with E-state index in [4.69, 9.17) is 0 Å². The third-order valence-corrected chi connectivity index (χ3v) is 6.67. The number of rotatable bonds is 9. The highest BCUT2D eigenvalue weighted by atomic mass is 32.3. The highest BCUT2D eigenvalue weighted by Gasteiger charge is 2.39. The predicted octanol–water partition coefficient (Wildman–Crippen LogP) is 4.49. The molecule has 0 atom stereocenters. The SMILES string of the molecule is C=Cn1cc[n+](Cc2cc(CC(C)C)cc(CC(C)C)c2)c1.CS(=O)(=O)[N-]S(=O)(=O)C(F)(F)F. The van der Waals surface area contributed by atoms with Gasteiger partial charge in [-0.25, -0.2) is 26.0 Å². The van der Waals surface area contributed by atoms with Crippen molar-refractivity contribution in [1.82, 2.24) is 4.57 Å². The van der Waals surface area contributed by atoms with Gasteiger partial charge >= 0.3 is 5.51 Å². The van der Waals surface area contributed by atoms with Crippen LogP contribution in [-0.4, -0.2) is 33.2 Å². The Morgan fingerprint density at radius 1 is 1.00 bits per heavy atom. The van der Waals surface area contributed by atoms with Gasteiger partial charge < -0.3 is 4.13 Å². The monoisotopic (exact) mass is 523 g/mol. The molecule has 192 valence electrons. The van der Waals surface area contributed by atoms with Crippen LogP contribution in [0.4, 0.5) is 13.2 Å². The fourth-order valence-electron chi connectivity index (χ4n) is 3.15. The van der Waals surface area contributed by atoms with Crippen molar-refractivity contribution in [2.75, 3.05) is 6.26 Å². The van der Waals surface area contributed by atoms with Gasteiger partial charge in [-0.05, 0) is 41.4 Å². The number of benzene rings is 1. The van der Waals surface area contributed by atoms with E-state index >= 15 is 0 Å². The van der Waals surface area contributed by atoms with E-state index in [-0.39, 0.29) is 6.26 Å². The van der Waals surface area contributed by atoms with Gasteiger partial charge in [0, 0.05) is 6.26 Å². The molecule has 0 aliphatic heterocycles. The molecule has 1 heterocycles. The molecule has 7 nitrogen and oxygen atoms in total. The largest absolute Gasteiger partial charge is 0.480 e. The van der Waals surface area contributed by atoms with Crippen LogP contribution < -0.4 is 4.57 Å². The van der Waals surface area contributed by atoms with Crippen LogP contribution in [0.5, 0.6) is 0 Å². The molecule has 0 amide bonds. The van der Waals surface area contributed by atoms with Gasteiger partial charge in [0.15, 0.2) is 10.0 Å². The summed E-state index contributed by atoms with van der Waals surface area (Å²) >= 11 is 0. The van der Waals surface area contributed by atoms with Crippen molar-refractivity contribution in [2.45, 2.75) is 52.6 Å². The molecule has 12 heteroatoms. The third-order valence-electron chi connectivity index (χ3n) is 4.21. The van der Waals surface area contributed by atoms with Crippen LogP contribution in [0.1, 0.15) is 44.4 Å². The fourth-order valence-corrected chi connectivity index (χ4v) is 4.92. The van der Waals surface area contributed by atoms with E-state index in [0.717, 1.165) is 19.4 Å². The van der Waals surface area contributed by atoms with Crippen molar-refractivity contribution in [1.29, 1.82) is 0 Å². The molecule has 2 rings (SSSR count). The molecule has 1 aromatic carbocycles. The Balaban J connectivity index is 0.000000411. The van der Waals surface area contributed by atoms with Gasteiger partial charge in [0.2, 0.25) is 6.33 Å². The zero-order valence-electron chi connectivity index (χ0n) is 19.9. The molecule has 1 aromatic heterocycles. The number of sulfonamides is 2. The molecule has 0 fully saturated rings. The van der Waals surface area contributed by atoms with E-state index in [1.807, 2.05) is 17.0 Å². The molecule has 0 aliphatic carbocycles. The van der Waals surface area contributed by atoms with Gasteiger partial charge in [-0.1, -0.05) is 52.5 Å². The Bertz CT molecular complexity index is 1140. The Kier molecular flexibility index (Phi) is 10.5. The molecule has 0 unspecified atom stereocenters. The highest BCUT2D eigenvalue weighted by Crippen LogP contribution is 2.29. The summed E-state index contributed by atoms with van der Waals surface area (Å²) in [6, 6.07) is 7.12. The van der Waals surface area contributed by atoms with Gasteiger partial charge in [-0.2, -0.15) is 13.2 Å². The number of nitrogens with zero attached hydrogens (tertiary/aromatic N) is 3. The lowest BCUT2D eigenvalue weighted by Gasteiger charge is -2.19. The molecule has 2 aromatic rings. The van der Waals surface area contributed by atoms with Crippen LogP contribution in [0.15, 0.2) is 43.5 Å². The van der Waals surface area contributed by atoms with E-state index in [2.05, 4.69) is 69.6 Å². The smallest absolute Gasteiger partial charge is 0.429 e. The highest BCUT2D eigenvalue weighted by molar-refractivity contribution is 8.12. The predicted molar refractivity (Wildman–Crippen MR) is 127 cm³/mol. The van der Waals surface area contributed by atoms with Crippen LogP contribution in [0.3, 0.4) is 0 Å². The van der Waals surface area contributed by atoms with Crippen molar-refractivity contribution in [3.63, 3.8) is 0 Å². The van der Waals surface area contributed by atoms with Crippen molar-refractivity contribution in [3.05, 3.63) is 64.3 Å². The van der Waals surface area contributed by atoms with Crippen molar-refractivity contribution in [2.24, 2.45) is 11.8 Å². The molecule has 0 saturated heterocycles. The second kappa shape index (κ2) is 12.0. The maximum absolute atomic E-state index is 11.4. The normalized spacial score (nSPS) is 12.5. The first-order valence-corrected chi connectivity index (χ1v) is 13.8. The van der Waals surface area contributed by atoms with Crippen molar-refractivity contribution < 1.29 is 34.6 Å². The fraction of sp³-hybridized carbons (Fsp3) is 0.500. The Hall–Kier alpha value is -2.18. The van der Waals surface area contributed by atoms with E-state index < -0.39 is 25.6 Å². The minimum absolute atomic E-state index is 0.246. The first-order chi connectivity index (χ1) is 15.4. The summed E-state index contributed by atoms with van der Waals surface area (Å²) in [5.41, 5.74) is -1.35. The summed E-state index contributed by atoms with van der Waals surface area (Å²) in [7, 11) is -10.5. The van der Waals surface area contributed by atoms with E-state index in [0.29, 0.717) is 11.8 Å². The summed E-state index contributed by atoms with van der Waals surface area (Å²) in [5.74, 6) is 1.38. The third kappa shape index (κ3) is 10.8. The van der Waals surface area contributed by atoms with E-state index in [1.165, 1.54) is 16.7 Å². The molecular weight excluding hydrogens is 491 g/mol. The topological polar surface area (TPSA) is 91.2 Å². The summed E-state index contributed by atoms with van der Waals surface area (Å²) in [4.78, 5) is 0. The molecule has 0 aliphatic rings. The summed E-state index contributed by atoms with van der Waals surface area (Å²) < 4.78 is 80.2. The van der Waals surface area contributed by atoms with Gasteiger partial charge in [-0.15, -0.1) is 0 Å². The number of aromatic nitrogens is 2. The van der Waals surface area contributed by atoms with Crippen LogP contribution in [-0.2, 0) is 39.4 Å². The van der Waals surface area contributed by atoms with Crippen LogP contribution in [0.2, 0.25) is 0 Å². The quantitative estimate of drug-likeness (QED) is 0.453. The Morgan fingerprint density at radius 2 is 1.47 bits per heavy atom. The average Bonchev–Trinajstić information content (AvgIpc) is 3.05. The van der Waals surface area contributed by atoms with Crippen LogP contribution in [0.25, 0.3) is 10.3 Å². The number of hydrogen-bond acceptors (Lipinski definition) is 4. The van der Waals surface area contributed by atoms with E-state index in [1.54, 1.807) is 4.13 Å². The molecule has 0 spiro atoms. The lowest BCUT2D eigenvalue weighted by atomic mass is 9.94. The molecular formula is C22H32F3N3O4S2. The number of alkyl halides is 3. The Labute approximate surface area is 200 Å². The Morgan fingerprint density at radius 3 is 1.79 bits per heavy atom.